The Kier molecular flexibility index (Phi) is 4.30. The molecule has 1 aromatic carbocycles. The second-order valence-electron chi connectivity index (χ2n) is 4.82. The number of carbonyl (C=O) groups is 1. The van der Waals surface area contributed by atoms with Crippen LogP contribution >= 0.6 is 23.2 Å². The molecule has 2 rings (SSSR count). The molecule has 1 aliphatic carbocycles. The van der Waals surface area contributed by atoms with Crippen LogP contribution in [-0.2, 0) is 10.0 Å². The number of hydrogen-bond acceptors (Lipinski definition) is 3. The predicted octanol–water partition coefficient (Wildman–Crippen LogP) is 2.77. The lowest BCUT2D eigenvalue weighted by Crippen LogP contribution is -2.34. The number of sulfonamides is 1. The summed E-state index contributed by atoms with van der Waals surface area (Å²) in [6.07, 6.45) is 1.97. The lowest BCUT2D eigenvalue weighted by atomic mass is 10.2. The zero-order chi connectivity index (χ0) is 15.1. The number of rotatable bonds is 5. The van der Waals surface area contributed by atoms with Crippen LogP contribution in [0, 0.1) is 5.92 Å². The van der Waals surface area contributed by atoms with Crippen LogP contribution in [0.25, 0.3) is 0 Å². The van der Waals surface area contributed by atoms with E-state index in [1.54, 1.807) is 6.92 Å². The van der Waals surface area contributed by atoms with Gasteiger partial charge in [0.1, 0.15) is 4.90 Å². The van der Waals surface area contributed by atoms with Crippen LogP contribution in [0.1, 0.15) is 30.1 Å². The van der Waals surface area contributed by atoms with Crippen molar-refractivity contribution in [2.45, 2.75) is 30.7 Å². The Bertz CT molecular complexity index is 656. The second-order valence-corrected chi connectivity index (χ2v) is 7.31. The van der Waals surface area contributed by atoms with Crippen LogP contribution in [0.2, 0.25) is 10.0 Å². The van der Waals surface area contributed by atoms with Gasteiger partial charge >= 0.3 is 5.97 Å². The smallest absolute Gasteiger partial charge is 0.337 e. The van der Waals surface area contributed by atoms with Gasteiger partial charge in [-0.25, -0.2) is 17.9 Å². The summed E-state index contributed by atoms with van der Waals surface area (Å²) in [5.74, 6) is -0.979. The fourth-order valence-corrected chi connectivity index (χ4v) is 4.07. The van der Waals surface area contributed by atoms with Gasteiger partial charge in [-0.1, -0.05) is 23.2 Å². The molecule has 0 spiro atoms. The van der Waals surface area contributed by atoms with E-state index in [9.17, 15) is 13.2 Å². The number of nitrogens with one attached hydrogen (secondary N) is 1. The minimum absolute atomic E-state index is 0.100. The molecule has 1 fully saturated rings. The molecule has 0 radical (unpaired) electrons. The fourth-order valence-electron chi connectivity index (χ4n) is 1.90. The van der Waals surface area contributed by atoms with Crippen molar-refractivity contribution in [2.75, 3.05) is 0 Å². The summed E-state index contributed by atoms with van der Waals surface area (Å²) in [5, 5.41) is 8.78. The molecule has 0 bridgehead atoms. The SMILES string of the molecule is CC(NS(=O)(=O)c1cc(C(=O)O)c(Cl)cc1Cl)C1CC1. The first-order chi connectivity index (χ1) is 9.22. The van der Waals surface area contributed by atoms with Gasteiger partial charge in [-0.15, -0.1) is 0 Å². The lowest BCUT2D eigenvalue weighted by molar-refractivity contribution is 0.0697. The molecule has 1 atom stereocenters. The molecule has 1 aliphatic rings. The summed E-state index contributed by atoms with van der Waals surface area (Å²) in [6.45, 7) is 1.77. The molecule has 1 unspecified atom stereocenters. The molecule has 0 amide bonds. The monoisotopic (exact) mass is 337 g/mol. The molecule has 1 aromatic rings. The van der Waals surface area contributed by atoms with E-state index in [4.69, 9.17) is 28.3 Å². The quantitative estimate of drug-likeness (QED) is 0.865. The minimum Gasteiger partial charge on any atom is -0.478 e. The van der Waals surface area contributed by atoms with E-state index in [0.29, 0.717) is 5.92 Å². The van der Waals surface area contributed by atoms with Crippen LogP contribution in [0.4, 0.5) is 0 Å². The largest absolute Gasteiger partial charge is 0.478 e. The summed E-state index contributed by atoms with van der Waals surface area (Å²) >= 11 is 11.6. The Balaban J connectivity index is 2.39. The molecular formula is C12H13Cl2NO4S. The normalized spacial score (nSPS) is 16.9. The van der Waals surface area contributed by atoms with Gasteiger partial charge in [-0.05, 0) is 37.8 Å². The van der Waals surface area contributed by atoms with E-state index < -0.39 is 16.0 Å². The zero-order valence-corrected chi connectivity index (χ0v) is 12.9. The van der Waals surface area contributed by atoms with Crippen molar-refractivity contribution in [3.63, 3.8) is 0 Å². The highest BCUT2D eigenvalue weighted by molar-refractivity contribution is 7.89. The summed E-state index contributed by atoms with van der Waals surface area (Å²) < 4.78 is 27.0. The van der Waals surface area contributed by atoms with Crippen molar-refractivity contribution < 1.29 is 18.3 Å². The Labute approximate surface area is 126 Å². The summed E-state index contributed by atoms with van der Waals surface area (Å²) in [6, 6.07) is 1.90. The van der Waals surface area contributed by atoms with E-state index in [1.165, 1.54) is 0 Å². The van der Waals surface area contributed by atoms with Crippen LogP contribution < -0.4 is 4.72 Å². The van der Waals surface area contributed by atoms with Crippen molar-refractivity contribution in [3.05, 3.63) is 27.7 Å². The molecule has 110 valence electrons. The van der Waals surface area contributed by atoms with Crippen LogP contribution in [0.15, 0.2) is 17.0 Å². The molecule has 0 aromatic heterocycles. The molecular weight excluding hydrogens is 325 g/mol. The maximum atomic E-state index is 12.3. The van der Waals surface area contributed by atoms with Crippen molar-refractivity contribution in [3.8, 4) is 0 Å². The molecule has 0 heterocycles. The second kappa shape index (κ2) is 5.52. The van der Waals surface area contributed by atoms with Gasteiger partial charge in [0.05, 0.1) is 15.6 Å². The minimum atomic E-state index is -3.87. The van der Waals surface area contributed by atoms with E-state index in [0.717, 1.165) is 25.0 Å². The standard InChI is InChI=1S/C12H13Cl2NO4S/c1-6(7-2-3-7)15-20(18,19)11-4-8(12(16)17)9(13)5-10(11)14/h4-7,15H,2-3H2,1H3,(H,16,17). The van der Waals surface area contributed by atoms with Crippen LogP contribution in [0.5, 0.6) is 0 Å². The van der Waals surface area contributed by atoms with E-state index in [2.05, 4.69) is 4.72 Å². The van der Waals surface area contributed by atoms with Gasteiger partial charge in [0.25, 0.3) is 0 Å². The average Bonchev–Trinajstić information content (AvgIpc) is 3.10. The summed E-state index contributed by atoms with van der Waals surface area (Å²) in [7, 11) is -3.87. The Hall–Kier alpha value is -0.820. The molecule has 5 nitrogen and oxygen atoms in total. The Morgan fingerprint density at radius 2 is 1.95 bits per heavy atom. The molecule has 8 heteroatoms. The highest BCUT2D eigenvalue weighted by Gasteiger charge is 2.32. The number of benzene rings is 1. The Morgan fingerprint density at radius 3 is 2.45 bits per heavy atom. The number of hydrogen-bond donors (Lipinski definition) is 2. The van der Waals surface area contributed by atoms with Gasteiger partial charge < -0.3 is 5.11 Å². The van der Waals surface area contributed by atoms with Gasteiger partial charge in [-0.3, -0.25) is 0 Å². The molecule has 0 saturated heterocycles. The first-order valence-electron chi connectivity index (χ1n) is 5.97. The Morgan fingerprint density at radius 1 is 1.35 bits per heavy atom. The number of carboxylic acids is 1. The third kappa shape index (κ3) is 3.25. The van der Waals surface area contributed by atoms with E-state index >= 15 is 0 Å². The number of halogens is 2. The number of aromatic carboxylic acids is 1. The van der Waals surface area contributed by atoms with Crippen molar-refractivity contribution in [1.29, 1.82) is 0 Å². The van der Waals surface area contributed by atoms with Gasteiger partial charge in [0, 0.05) is 6.04 Å². The van der Waals surface area contributed by atoms with Gasteiger partial charge in [0.2, 0.25) is 10.0 Å². The van der Waals surface area contributed by atoms with Crippen LogP contribution in [-0.4, -0.2) is 25.5 Å². The highest BCUT2D eigenvalue weighted by atomic mass is 35.5. The third-order valence-electron chi connectivity index (χ3n) is 3.21. The van der Waals surface area contributed by atoms with Crippen molar-refractivity contribution >= 4 is 39.2 Å². The van der Waals surface area contributed by atoms with Crippen molar-refractivity contribution in [2.24, 2.45) is 5.92 Å². The maximum absolute atomic E-state index is 12.3. The summed E-state index contributed by atoms with van der Waals surface area (Å²) in [4.78, 5) is 10.7. The first kappa shape index (κ1) is 15.6. The van der Waals surface area contributed by atoms with Gasteiger partial charge in [-0.2, -0.15) is 0 Å². The summed E-state index contributed by atoms with van der Waals surface area (Å²) in [5.41, 5.74) is -0.296. The fraction of sp³-hybridized carbons (Fsp3) is 0.417. The highest BCUT2D eigenvalue weighted by Crippen LogP contribution is 2.34. The van der Waals surface area contributed by atoms with Crippen molar-refractivity contribution in [1.82, 2.24) is 4.72 Å². The first-order valence-corrected chi connectivity index (χ1v) is 8.21. The average molecular weight is 338 g/mol. The molecule has 1 saturated carbocycles. The van der Waals surface area contributed by atoms with E-state index in [-0.39, 0.29) is 26.5 Å². The molecule has 2 N–H and O–H groups in total. The molecule has 0 aliphatic heterocycles. The topological polar surface area (TPSA) is 83.5 Å². The lowest BCUT2D eigenvalue weighted by Gasteiger charge is -2.15. The van der Waals surface area contributed by atoms with Crippen LogP contribution in [0.3, 0.4) is 0 Å². The third-order valence-corrected chi connectivity index (χ3v) is 5.55. The van der Waals surface area contributed by atoms with Gasteiger partial charge in [0.15, 0.2) is 0 Å². The number of carboxylic acid groups (broad SMARTS) is 1. The van der Waals surface area contributed by atoms with E-state index in [1.807, 2.05) is 0 Å². The maximum Gasteiger partial charge on any atom is 0.337 e. The zero-order valence-electron chi connectivity index (χ0n) is 10.6. The molecule has 20 heavy (non-hydrogen) atoms. The predicted molar refractivity (Wildman–Crippen MR) is 75.9 cm³/mol.